The van der Waals surface area contributed by atoms with Crippen molar-refractivity contribution in [3.63, 3.8) is 0 Å². The van der Waals surface area contributed by atoms with Gasteiger partial charge in [-0.2, -0.15) is 0 Å². The SMILES string of the molecule is CC1=NC(C)=C(C(=S)OCCO)C(c2ccccc2OCc2ccc(Cl)cc2)C1[N+](=O)[O-]. The number of aliphatic hydroxyl groups is 1. The number of aliphatic hydroxyl groups excluding tert-OH is 1. The van der Waals surface area contributed by atoms with Gasteiger partial charge < -0.3 is 14.6 Å². The zero-order valence-corrected chi connectivity index (χ0v) is 19.2. The average molecular weight is 475 g/mol. The highest BCUT2D eigenvalue weighted by Crippen LogP contribution is 2.41. The second-order valence-electron chi connectivity index (χ2n) is 7.27. The van der Waals surface area contributed by atoms with E-state index in [4.69, 9.17) is 38.4 Å². The molecule has 1 aliphatic heterocycles. The number of hydrogen-bond donors (Lipinski definition) is 1. The summed E-state index contributed by atoms with van der Waals surface area (Å²) < 4.78 is 11.5. The number of nitro groups is 1. The molecule has 0 amide bonds. The van der Waals surface area contributed by atoms with Crippen LogP contribution in [0.25, 0.3) is 0 Å². The number of hydrogen-bond acceptors (Lipinski definition) is 7. The average Bonchev–Trinajstić information content (AvgIpc) is 2.76. The topological polar surface area (TPSA) is 94.2 Å². The Bertz CT molecular complexity index is 1070. The molecule has 0 aliphatic carbocycles. The fourth-order valence-electron chi connectivity index (χ4n) is 3.72. The first-order chi connectivity index (χ1) is 15.3. The molecule has 1 N–H and O–H groups in total. The van der Waals surface area contributed by atoms with Gasteiger partial charge in [0.15, 0.2) is 5.05 Å². The van der Waals surface area contributed by atoms with Crippen LogP contribution in [0.4, 0.5) is 0 Å². The van der Waals surface area contributed by atoms with Crippen LogP contribution in [0.2, 0.25) is 5.02 Å². The molecule has 0 aromatic heterocycles. The molecule has 1 aliphatic rings. The second kappa shape index (κ2) is 10.7. The minimum absolute atomic E-state index is 0.0110. The Morgan fingerprint density at radius 3 is 2.56 bits per heavy atom. The third-order valence-corrected chi connectivity index (χ3v) is 5.71. The summed E-state index contributed by atoms with van der Waals surface area (Å²) in [5.74, 6) is -0.251. The van der Waals surface area contributed by atoms with E-state index < -0.39 is 12.0 Å². The van der Waals surface area contributed by atoms with E-state index in [1.54, 1.807) is 44.2 Å². The van der Waals surface area contributed by atoms with E-state index >= 15 is 0 Å². The van der Waals surface area contributed by atoms with Crippen LogP contribution in [0.3, 0.4) is 0 Å². The van der Waals surface area contributed by atoms with Crippen molar-refractivity contribution in [1.29, 1.82) is 0 Å². The summed E-state index contributed by atoms with van der Waals surface area (Å²) in [5.41, 5.74) is 2.88. The summed E-state index contributed by atoms with van der Waals surface area (Å²) in [4.78, 5) is 16.1. The number of aliphatic imine (C=N–C) groups is 1. The molecule has 7 nitrogen and oxygen atoms in total. The third-order valence-electron chi connectivity index (χ3n) is 5.12. The van der Waals surface area contributed by atoms with Crippen LogP contribution >= 0.6 is 23.8 Å². The molecule has 2 atom stereocenters. The summed E-state index contributed by atoms with van der Waals surface area (Å²) in [6, 6.07) is 13.3. The van der Waals surface area contributed by atoms with Gasteiger partial charge in [0.25, 0.3) is 6.04 Å². The van der Waals surface area contributed by atoms with Crippen LogP contribution in [0, 0.1) is 10.1 Å². The fourth-order valence-corrected chi connectivity index (χ4v) is 4.20. The van der Waals surface area contributed by atoms with Gasteiger partial charge in [0.05, 0.1) is 18.2 Å². The number of para-hydroxylation sites is 1. The van der Waals surface area contributed by atoms with E-state index in [1.165, 1.54) is 0 Å². The molecule has 168 valence electrons. The predicted octanol–water partition coefficient (Wildman–Crippen LogP) is 4.73. The summed E-state index contributed by atoms with van der Waals surface area (Å²) in [5, 5.41) is 21.9. The zero-order valence-electron chi connectivity index (χ0n) is 17.7. The molecular weight excluding hydrogens is 452 g/mol. The predicted molar refractivity (Wildman–Crippen MR) is 127 cm³/mol. The number of allylic oxidation sites excluding steroid dienone is 1. The maximum atomic E-state index is 12.1. The van der Waals surface area contributed by atoms with Gasteiger partial charge in [0, 0.05) is 26.8 Å². The lowest BCUT2D eigenvalue weighted by molar-refractivity contribution is -0.505. The quantitative estimate of drug-likeness (QED) is 0.337. The Kier molecular flexibility index (Phi) is 7.95. The first-order valence-electron chi connectivity index (χ1n) is 9.97. The van der Waals surface area contributed by atoms with Crippen LogP contribution in [-0.2, 0) is 11.3 Å². The first kappa shape index (κ1) is 23.8. The van der Waals surface area contributed by atoms with E-state index in [9.17, 15) is 10.1 Å². The minimum atomic E-state index is -1.13. The molecule has 0 radical (unpaired) electrons. The molecular formula is C23H23ClN2O5S. The summed E-state index contributed by atoms with van der Waals surface area (Å²) in [6.07, 6.45) is 0. The van der Waals surface area contributed by atoms with Crippen molar-refractivity contribution in [1.82, 2.24) is 0 Å². The molecule has 32 heavy (non-hydrogen) atoms. The number of benzene rings is 2. The number of nitrogens with zero attached hydrogens (tertiary/aromatic N) is 2. The molecule has 1 heterocycles. The molecule has 0 saturated heterocycles. The van der Waals surface area contributed by atoms with Crippen LogP contribution in [-0.4, -0.2) is 40.0 Å². The lowest BCUT2D eigenvalue weighted by atomic mass is 9.80. The van der Waals surface area contributed by atoms with Crippen LogP contribution in [0.15, 0.2) is 64.8 Å². The minimum Gasteiger partial charge on any atom is -0.489 e. The van der Waals surface area contributed by atoms with Gasteiger partial charge in [-0.3, -0.25) is 15.1 Å². The zero-order chi connectivity index (χ0) is 23.3. The van der Waals surface area contributed by atoms with Crippen molar-refractivity contribution >= 4 is 34.6 Å². The highest BCUT2D eigenvalue weighted by atomic mass is 35.5. The lowest BCUT2D eigenvalue weighted by Crippen LogP contribution is -2.40. The van der Waals surface area contributed by atoms with Gasteiger partial charge in [0.1, 0.15) is 19.0 Å². The van der Waals surface area contributed by atoms with Gasteiger partial charge in [-0.05, 0) is 49.8 Å². The van der Waals surface area contributed by atoms with E-state index in [0.29, 0.717) is 33.3 Å². The van der Waals surface area contributed by atoms with Gasteiger partial charge in [-0.15, -0.1) is 0 Å². The Hall–Kier alpha value is -2.81. The highest BCUT2D eigenvalue weighted by Gasteiger charge is 2.44. The number of rotatable bonds is 8. The maximum absolute atomic E-state index is 12.1. The third kappa shape index (κ3) is 5.32. The molecule has 0 saturated carbocycles. The van der Waals surface area contributed by atoms with Gasteiger partial charge in [0.2, 0.25) is 0 Å². The Balaban J connectivity index is 2.03. The fraction of sp³-hybridized carbons (Fsp3) is 0.304. The van der Waals surface area contributed by atoms with Gasteiger partial charge in [-0.25, -0.2) is 0 Å². The van der Waals surface area contributed by atoms with Crippen molar-refractivity contribution in [2.45, 2.75) is 32.4 Å². The molecule has 2 unspecified atom stereocenters. The smallest absolute Gasteiger partial charge is 0.261 e. The highest BCUT2D eigenvalue weighted by molar-refractivity contribution is 7.80. The van der Waals surface area contributed by atoms with E-state index in [-0.39, 0.29) is 29.8 Å². The molecule has 2 aromatic rings. The summed E-state index contributed by atoms with van der Waals surface area (Å²) >= 11 is 11.4. The van der Waals surface area contributed by atoms with E-state index in [0.717, 1.165) is 5.56 Å². The Labute approximate surface area is 196 Å². The molecule has 3 rings (SSSR count). The normalized spacial score (nSPS) is 18.2. The van der Waals surface area contributed by atoms with E-state index in [1.807, 2.05) is 18.2 Å². The maximum Gasteiger partial charge on any atom is 0.261 e. The molecule has 9 heteroatoms. The molecule has 0 fully saturated rings. The van der Waals surface area contributed by atoms with Crippen molar-refractivity contribution in [3.8, 4) is 5.75 Å². The Morgan fingerprint density at radius 1 is 1.22 bits per heavy atom. The summed E-state index contributed by atoms with van der Waals surface area (Å²) in [7, 11) is 0. The van der Waals surface area contributed by atoms with Crippen molar-refractivity contribution in [2.24, 2.45) is 4.99 Å². The van der Waals surface area contributed by atoms with Crippen molar-refractivity contribution in [3.05, 3.63) is 86.1 Å². The monoisotopic (exact) mass is 474 g/mol. The lowest BCUT2D eigenvalue weighted by Gasteiger charge is -2.30. The first-order valence-corrected chi connectivity index (χ1v) is 10.8. The second-order valence-corrected chi connectivity index (χ2v) is 8.08. The summed E-state index contributed by atoms with van der Waals surface area (Å²) in [6.45, 7) is 3.41. The number of thiocarbonyl (C=S) groups is 1. The Morgan fingerprint density at radius 2 is 1.91 bits per heavy atom. The van der Waals surface area contributed by atoms with Crippen LogP contribution < -0.4 is 4.74 Å². The molecule has 0 bridgehead atoms. The van der Waals surface area contributed by atoms with Crippen molar-refractivity contribution < 1.29 is 19.5 Å². The largest absolute Gasteiger partial charge is 0.489 e. The van der Waals surface area contributed by atoms with Crippen LogP contribution in [0.1, 0.15) is 30.9 Å². The standard InChI is InChI=1S/C23H23ClN2O5S/c1-14-20(23(32)30-12-11-27)21(22(26(28)29)15(2)25-14)18-5-3-4-6-19(18)31-13-16-7-9-17(24)10-8-16/h3-10,21-22,27H,11-13H2,1-2H3. The number of halogens is 1. The van der Waals surface area contributed by atoms with Crippen molar-refractivity contribution in [2.75, 3.05) is 13.2 Å². The molecule has 2 aromatic carbocycles. The molecule has 0 spiro atoms. The van der Waals surface area contributed by atoms with Gasteiger partial charge in [-0.1, -0.05) is 41.9 Å². The van der Waals surface area contributed by atoms with Gasteiger partial charge >= 0.3 is 0 Å². The number of ether oxygens (including phenoxy) is 2. The van der Waals surface area contributed by atoms with E-state index in [2.05, 4.69) is 4.99 Å². The van der Waals surface area contributed by atoms with Crippen LogP contribution in [0.5, 0.6) is 5.75 Å².